The van der Waals surface area contributed by atoms with Gasteiger partial charge in [-0.05, 0) is 52.3 Å². The van der Waals surface area contributed by atoms with Gasteiger partial charge in [-0.25, -0.2) is 4.68 Å². The Morgan fingerprint density at radius 3 is 2.56 bits per heavy atom. The Hall–Kier alpha value is -2.14. The van der Waals surface area contributed by atoms with Crippen molar-refractivity contribution >= 4 is 5.91 Å². The maximum absolute atomic E-state index is 12.7. The van der Waals surface area contributed by atoms with Crippen LogP contribution in [0.3, 0.4) is 0 Å². The van der Waals surface area contributed by atoms with Crippen LogP contribution in [0.15, 0.2) is 42.7 Å². The van der Waals surface area contributed by atoms with Crippen molar-refractivity contribution in [3.8, 4) is 5.69 Å². The number of carbonyl (C=O) groups is 1. The minimum Gasteiger partial charge on any atom is -0.336 e. The molecule has 25 heavy (non-hydrogen) atoms. The lowest BCUT2D eigenvalue weighted by Gasteiger charge is -2.39. The number of amides is 1. The van der Waals surface area contributed by atoms with E-state index in [4.69, 9.17) is 0 Å². The Bertz CT molecular complexity index is 687. The second-order valence-electron chi connectivity index (χ2n) is 7.23. The molecule has 1 aromatic heterocycles. The van der Waals surface area contributed by atoms with Crippen molar-refractivity contribution in [1.82, 2.24) is 19.6 Å². The average molecular weight is 340 g/mol. The van der Waals surface area contributed by atoms with Gasteiger partial charge in [-0.15, -0.1) is 0 Å². The Morgan fingerprint density at radius 1 is 1.20 bits per heavy atom. The minimum atomic E-state index is 0.234. The number of hydrogen-bond donors (Lipinski definition) is 0. The Morgan fingerprint density at radius 2 is 1.88 bits per heavy atom. The molecule has 0 saturated carbocycles. The monoisotopic (exact) mass is 340 g/mol. The molecule has 5 nitrogen and oxygen atoms in total. The highest BCUT2D eigenvalue weighted by atomic mass is 16.2. The van der Waals surface area contributed by atoms with Gasteiger partial charge < -0.3 is 4.90 Å². The van der Waals surface area contributed by atoms with E-state index in [2.05, 4.69) is 28.7 Å². The van der Waals surface area contributed by atoms with E-state index in [-0.39, 0.29) is 5.91 Å². The first-order chi connectivity index (χ1) is 12.0. The van der Waals surface area contributed by atoms with Crippen LogP contribution in [-0.4, -0.2) is 51.2 Å². The summed E-state index contributed by atoms with van der Waals surface area (Å²) in [6.45, 7) is 5.50. The van der Waals surface area contributed by atoms with E-state index in [1.165, 1.54) is 6.42 Å². The normalized spacial score (nSPS) is 20.9. The summed E-state index contributed by atoms with van der Waals surface area (Å²) in [5, 5.41) is 4.43. The Balaban J connectivity index is 1.58. The van der Waals surface area contributed by atoms with Crippen LogP contribution < -0.4 is 0 Å². The van der Waals surface area contributed by atoms with Crippen molar-refractivity contribution in [3.05, 3.63) is 48.3 Å². The summed E-state index contributed by atoms with van der Waals surface area (Å²) in [6, 6.07) is 10.8. The number of aromatic nitrogens is 2. The molecule has 0 aliphatic carbocycles. The fraction of sp³-hybridized carbons (Fsp3) is 0.500. The molecule has 2 aromatic rings. The number of rotatable bonds is 5. The van der Waals surface area contributed by atoms with Crippen LogP contribution in [0.2, 0.25) is 0 Å². The molecule has 1 aliphatic heterocycles. The summed E-state index contributed by atoms with van der Waals surface area (Å²) in [5.74, 6) is 0.234. The maximum Gasteiger partial charge on any atom is 0.237 e. The summed E-state index contributed by atoms with van der Waals surface area (Å²) < 4.78 is 1.87. The van der Waals surface area contributed by atoms with E-state index in [9.17, 15) is 4.79 Å². The summed E-state index contributed by atoms with van der Waals surface area (Å²) in [4.78, 5) is 16.9. The molecule has 2 heterocycles. The van der Waals surface area contributed by atoms with Crippen molar-refractivity contribution in [2.45, 2.75) is 51.7 Å². The number of hydrogen-bond acceptors (Lipinski definition) is 3. The molecule has 134 valence electrons. The van der Waals surface area contributed by atoms with Gasteiger partial charge in [0.1, 0.15) is 0 Å². The summed E-state index contributed by atoms with van der Waals surface area (Å²) in [5.41, 5.74) is 2.15. The van der Waals surface area contributed by atoms with E-state index in [0.717, 1.165) is 30.6 Å². The molecule has 0 N–H and O–H groups in total. The zero-order valence-electron chi connectivity index (χ0n) is 15.4. The topological polar surface area (TPSA) is 41.4 Å². The summed E-state index contributed by atoms with van der Waals surface area (Å²) >= 11 is 0. The lowest BCUT2D eigenvalue weighted by molar-refractivity contribution is -0.138. The summed E-state index contributed by atoms with van der Waals surface area (Å²) in [7, 11) is 2.00. The molecule has 3 rings (SSSR count). The Kier molecular flexibility index (Phi) is 5.53. The van der Waals surface area contributed by atoms with Gasteiger partial charge in [-0.2, -0.15) is 5.10 Å². The van der Waals surface area contributed by atoms with E-state index in [1.807, 2.05) is 54.5 Å². The molecular formula is C20H28N4O. The van der Waals surface area contributed by atoms with Gasteiger partial charge in [0.05, 0.1) is 18.4 Å². The molecule has 2 atom stereocenters. The van der Waals surface area contributed by atoms with E-state index >= 15 is 0 Å². The van der Waals surface area contributed by atoms with Crippen molar-refractivity contribution in [2.24, 2.45) is 0 Å². The molecule has 0 radical (unpaired) electrons. The maximum atomic E-state index is 12.7. The third-order valence-electron chi connectivity index (χ3n) is 5.00. The Labute approximate surface area is 150 Å². The third-order valence-corrected chi connectivity index (χ3v) is 5.00. The van der Waals surface area contributed by atoms with Crippen LogP contribution in [0.25, 0.3) is 5.69 Å². The molecule has 0 spiro atoms. The number of carbonyl (C=O) groups excluding carboxylic acids is 1. The van der Waals surface area contributed by atoms with Crippen LogP contribution in [0.1, 0.15) is 38.7 Å². The van der Waals surface area contributed by atoms with Gasteiger partial charge in [0.2, 0.25) is 5.91 Å². The fourth-order valence-electron chi connectivity index (χ4n) is 3.76. The fourth-order valence-corrected chi connectivity index (χ4v) is 3.76. The average Bonchev–Trinajstić information content (AvgIpc) is 3.03. The molecule has 2 unspecified atom stereocenters. The highest BCUT2D eigenvalue weighted by molar-refractivity contribution is 5.79. The molecule has 1 amide bonds. The van der Waals surface area contributed by atoms with Crippen molar-refractivity contribution in [1.29, 1.82) is 0 Å². The molecule has 1 aromatic carbocycles. The van der Waals surface area contributed by atoms with E-state index in [0.29, 0.717) is 18.6 Å². The van der Waals surface area contributed by atoms with Crippen LogP contribution >= 0.6 is 0 Å². The van der Waals surface area contributed by atoms with E-state index < -0.39 is 0 Å². The quantitative estimate of drug-likeness (QED) is 0.840. The zero-order chi connectivity index (χ0) is 17.8. The number of likely N-dealkylation sites (tertiary alicyclic amines) is 1. The number of benzene rings is 1. The lowest BCUT2D eigenvalue weighted by Crippen LogP contribution is -2.50. The molecular weight excluding hydrogens is 312 g/mol. The predicted molar refractivity (Wildman–Crippen MR) is 99.5 cm³/mol. The number of nitrogens with zero attached hydrogens (tertiary/aromatic N) is 4. The van der Waals surface area contributed by atoms with Crippen LogP contribution in [0, 0.1) is 0 Å². The van der Waals surface area contributed by atoms with Gasteiger partial charge in [0.25, 0.3) is 0 Å². The predicted octanol–water partition coefficient (Wildman–Crippen LogP) is 3.09. The highest BCUT2D eigenvalue weighted by Gasteiger charge is 2.29. The zero-order valence-corrected chi connectivity index (χ0v) is 15.4. The highest BCUT2D eigenvalue weighted by Crippen LogP contribution is 2.22. The van der Waals surface area contributed by atoms with Gasteiger partial charge in [0.15, 0.2) is 0 Å². The SMILES string of the molecule is CC1CCCC(C)N1C(=O)CN(C)Cc1cnn(-c2ccccc2)c1. The lowest BCUT2D eigenvalue weighted by atomic mass is 9.97. The van der Waals surface area contributed by atoms with Crippen LogP contribution in [0.4, 0.5) is 0 Å². The van der Waals surface area contributed by atoms with Gasteiger partial charge in [-0.3, -0.25) is 9.69 Å². The van der Waals surface area contributed by atoms with Crippen molar-refractivity contribution < 1.29 is 4.79 Å². The second kappa shape index (κ2) is 7.83. The second-order valence-corrected chi connectivity index (χ2v) is 7.23. The van der Waals surface area contributed by atoms with Gasteiger partial charge >= 0.3 is 0 Å². The first-order valence-electron chi connectivity index (χ1n) is 9.13. The van der Waals surface area contributed by atoms with Gasteiger partial charge in [0, 0.05) is 30.4 Å². The number of para-hydroxylation sites is 1. The van der Waals surface area contributed by atoms with Crippen molar-refractivity contribution in [3.63, 3.8) is 0 Å². The van der Waals surface area contributed by atoms with Crippen LogP contribution in [0.5, 0.6) is 0 Å². The standard InChI is InChI=1S/C20H28N4O/c1-16-8-7-9-17(2)24(16)20(25)15-22(3)13-18-12-21-23(14-18)19-10-5-4-6-11-19/h4-6,10-12,14,16-17H,7-9,13,15H2,1-3H3. The first-order valence-corrected chi connectivity index (χ1v) is 9.13. The van der Waals surface area contributed by atoms with E-state index in [1.54, 1.807) is 0 Å². The minimum absolute atomic E-state index is 0.234. The largest absolute Gasteiger partial charge is 0.336 e. The molecule has 1 fully saturated rings. The first kappa shape index (κ1) is 17.7. The smallest absolute Gasteiger partial charge is 0.237 e. The number of likely N-dealkylation sites (N-methyl/N-ethyl adjacent to an activating group) is 1. The molecule has 5 heteroatoms. The van der Waals surface area contributed by atoms with Crippen molar-refractivity contribution in [2.75, 3.05) is 13.6 Å². The third kappa shape index (κ3) is 4.28. The molecule has 1 aliphatic rings. The molecule has 0 bridgehead atoms. The summed E-state index contributed by atoms with van der Waals surface area (Å²) in [6.07, 6.45) is 7.36. The van der Waals surface area contributed by atoms with Gasteiger partial charge in [-0.1, -0.05) is 18.2 Å². The number of piperidine rings is 1. The molecule has 1 saturated heterocycles. The van der Waals surface area contributed by atoms with Crippen LogP contribution in [-0.2, 0) is 11.3 Å².